The topological polar surface area (TPSA) is 153 Å². The van der Waals surface area contributed by atoms with Crippen LogP contribution in [0.4, 0.5) is 17.6 Å². The molecule has 1 aromatic carbocycles. The molecule has 1 aliphatic rings. The van der Waals surface area contributed by atoms with Gasteiger partial charge < -0.3 is 29.7 Å². The van der Waals surface area contributed by atoms with E-state index in [-0.39, 0.29) is 18.4 Å². The van der Waals surface area contributed by atoms with Crippen LogP contribution in [-0.2, 0) is 15.1 Å². The zero-order valence-corrected chi connectivity index (χ0v) is 22.6. The van der Waals surface area contributed by atoms with Crippen molar-refractivity contribution in [3.63, 3.8) is 0 Å². The van der Waals surface area contributed by atoms with E-state index in [0.29, 0.717) is 28.6 Å². The molecule has 1 unspecified atom stereocenters. The van der Waals surface area contributed by atoms with Crippen molar-refractivity contribution in [3.8, 4) is 22.8 Å². The lowest BCUT2D eigenvalue weighted by Crippen LogP contribution is -2.18. The van der Waals surface area contributed by atoms with Gasteiger partial charge in [0, 0.05) is 36.8 Å². The van der Waals surface area contributed by atoms with Gasteiger partial charge in [-0.3, -0.25) is 4.98 Å². The second-order valence-corrected chi connectivity index (χ2v) is 9.87. The third kappa shape index (κ3) is 5.35. The maximum Gasteiger partial charge on any atom is 0.263 e. The van der Waals surface area contributed by atoms with E-state index in [2.05, 4.69) is 30.7 Å². The second kappa shape index (κ2) is 11.0. The van der Waals surface area contributed by atoms with E-state index in [1.54, 1.807) is 31.8 Å². The van der Waals surface area contributed by atoms with Gasteiger partial charge >= 0.3 is 0 Å². The highest BCUT2D eigenvalue weighted by Crippen LogP contribution is 2.43. The normalized spacial score (nSPS) is 16.2. The number of aliphatic hydroxyl groups excluding tert-OH is 1. The minimum Gasteiger partial charge on any atom is -0.394 e. The number of nitrogens with zero attached hydrogens (tertiary/aromatic N) is 6. The van der Waals surface area contributed by atoms with Crippen LogP contribution in [0.3, 0.4) is 0 Å². The highest BCUT2D eigenvalue weighted by molar-refractivity contribution is 5.71. The fourth-order valence-corrected chi connectivity index (χ4v) is 4.63. The Bertz CT molecular complexity index is 1650. The highest BCUT2D eigenvalue weighted by atomic mass is 16.7. The molecule has 6 rings (SSSR count). The number of benzene rings is 1. The molecule has 5 aromatic rings. The number of aromatic nitrogens is 6. The molecule has 0 aliphatic carbocycles. The summed E-state index contributed by atoms with van der Waals surface area (Å²) < 4.78 is 17.0. The first-order chi connectivity index (χ1) is 19.9. The van der Waals surface area contributed by atoms with Crippen LogP contribution >= 0.6 is 0 Å². The predicted octanol–water partition coefficient (Wildman–Crippen LogP) is 4.78. The largest absolute Gasteiger partial charge is 0.394 e. The molecule has 4 aromatic heterocycles. The molecule has 208 valence electrons. The number of aliphatic hydroxyl groups is 1. The molecule has 0 fully saturated rings. The second-order valence-electron chi connectivity index (χ2n) is 9.87. The van der Waals surface area contributed by atoms with Gasteiger partial charge in [0.2, 0.25) is 11.8 Å². The van der Waals surface area contributed by atoms with Crippen molar-refractivity contribution < 1.29 is 19.1 Å². The van der Waals surface area contributed by atoms with Gasteiger partial charge in [-0.25, -0.2) is 9.97 Å². The molecule has 3 N–H and O–H groups in total. The smallest absolute Gasteiger partial charge is 0.263 e. The van der Waals surface area contributed by atoms with Gasteiger partial charge in [0.15, 0.2) is 6.29 Å². The zero-order chi connectivity index (χ0) is 28.4. The number of anilines is 3. The first-order valence-corrected chi connectivity index (χ1v) is 13.0. The van der Waals surface area contributed by atoms with Gasteiger partial charge in [0.1, 0.15) is 22.8 Å². The Hall–Kier alpha value is -4.78. The van der Waals surface area contributed by atoms with Gasteiger partial charge in [0.25, 0.3) is 5.89 Å². The van der Waals surface area contributed by atoms with Crippen LogP contribution < -0.4 is 10.6 Å². The van der Waals surface area contributed by atoms with Crippen molar-refractivity contribution >= 4 is 17.6 Å². The molecule has 0 amide bonds. The standard InChI is InChI=1S/C29H28N8O4/c1-29(2)23-19(27(39-3)40-29)11-12-22(33-23)34-28-31-15-20(26-35-24(37-41-26)18-10-7-13-30-14-18)25(36-28)32-21(16-38)17-8-5-4-6-9-17/h4-15,21,27,38H,16H2,1-3H3,(H2,31,32,33,34,36)/t21-,27?/m1/s1. The van der Waals surface area contributed by atoms with E-state index < -0.39 is 17.9 Å². The molecular formula is C29H28N8O4. The van der Waals surface area contributed by atoms with Crippen molar-refractivity contribution in [2.75, 3.05) is 24.4 Å². The average Bonchev–Trinajstić information content (AvgIpc) is 3.59. The van der Waals surface area contributed by atoms with Crippen LogP contribution in [0.15, 0.2) is 77.7 Å². The third-order valence-corrected chi connectivity index (χ3v) is 6.67. The van der Waals surface area contributed by atoms with E-state index in [1.165, 1.54) is 0 Å². The van der Waals surface area contributed by atoms with Crippen LogP contribution in [-0.4, -0.2) is 48.9 Å². The van der Waals surface area contributed by atoms with Gasteiger partial charge in [0.05, 0.1) is 18.3 Å². The lowest BCUT2D eigenvalue weighted by molar-refractivity contribution is -0.175. The van der Waals surface area contributed by atoms with E-state index in [0.717, 1.165) is 16.8 Å². The van der Waals surface area contributed by atoms with E-state index in [1.807, 2.05) is 62.4 Å². The molecule has 0 radical (unpaired) electrons. The third-order valence-electron chi connectivity index (χ3n) is 6.67. The minimum atomic E-state index is -0.626. The Morgan fingerprint density at radius 1 is 1.02 bits per heavy atom. The van der Waals surface area contributed by atoms with Crippen molar-refractivity contribution in [1.29, 1.82) is 0 Å². The average molecular weight is 553 g/mol. The Balaban J connectivity index is 1.35. The van der Waals surface area contributed by atoms with E-state index in [4.69, 9.17) is 24.0 Å². The Kier molecular flexibility index (Phi) is 7.10. The van der Waals surface area contributed by atoms with Gasteiger partial charge in [-0.2, -0.15) is 9.97 Å². The molecule has 5 heterocycles. The summed E-state index contributed by atoms with van der Waals surface area (Å²) in [5, 5.41) is 20.8. The predicted molar refractivity (Wildman–Crippen MR) is 150 cm³/mol. The first kappa shape index (κ1) is 26.4. The number of rotatable bonds is 9. The molecule has 0 saturated heterocycles. The van der Waals surface area contributed by atoms with Crippen LogP contribution in [0.2, 0.25) is 0 Å². The van der Waals surface area contributed by atoms with Crippen molar-refractivity contribution in [2.24, 2.45) is 0 Å². The maximum absolute atomic E-state index is 10.2. The number of fused-ring (bicyclic) bond motifs is 1. The number of ether oxygens (including phenoxy) is 2. The highest BCUT2D eigenvalue weighted by Gasteiger charge is 2.39. The van der Waals surface area contributed by atoms with Crippen LogP contribution in [0.25, 0.3) is 22.8 Å². The Labute approximate surface area is 235 Å². The van der Waals surface area contributed by atoms with Crippen molar-refractivity contribution in [1.82, 2.24) is 30.1 Å². The van der Waals surface area contributed by atoms with Crippen molar-refractivity contribution in [3.05, 3.63) is 90.0 Å². The van der Waals surface area contributed by atoms with Crippen LogP contribution in [0, 0.1) is 0 Å². The summed E-state index contributed by atoms with van der Waals surface area (Å²) in [6.07, 6.45) is 4.43. The van der Waals surface area contributed by atoms with Crippen molar-refractivity contribution in [2.45, 2.75) is 31.8 Å². The molecule has 2 atom stereocenters. The Morgan fingerprint density at radius 2 is 1.88 bits per heavy atom. The molecule has 0 spiro atoms. The van der Waals surface area contributed by atoms with E-state index >= 15 is 0 Å². The summed E-state index contributed by atoms with van der Waals surface area (Å²) in [5.74, 6) is 1.79. The van der Waals surface area contributed by atoms with E-state index in [9.17, 15) is 5.11 Å². The number of methoxy groups -OCH3 is 1. The monoisotopic (exact) mass is 552 g/mol. The summed E-state index contributed by atoms with van der Waals surface area (Å²) in [5.41, 5.74) is 3.06. The summed E-state index contributed by atoms with van der Waals surface area (Å²) in [4.78, 5) is 22.7. The molecule has 41 heavy (non-hydrogen) atoms. The molecule has 0 saturated carbocycles. The molecule has 0 bridgehead atoms. The number of hydrogen-bond acceptors (Lipinski definition) is 12. The quantitative estimate of drug-likeness (QED) is 0.230. The van der Waals surface area contributed by atoms with Crippen LogP contribution in [0.1, 0.15) is 43.0 Å². The molecule has 12 heteroatoms. The van der Waals surface area contributed by atoms with Crippen LogP contribution in [0.5, 0.6) is 0 Å². The summed E-state index contributed by atoms with van der Waals surface area (Å²) in [6.45, 7) is 3.71. The fourth-order valence-electron chi connectivity index (χ4n) is 4.63. The molecule has 1 aliphatic heterocycles. The lowest BCUT2D eigenvalue weighted by Gasteiger charge is -2.19. The number of pyridine rings is 2. The number of hydrogen-bond donors (Lipinski definition) is 3. The SMILES string of the molecule is COC1OC(C)(C)c2nc(Nc3ncc(-c4nc(-c5cccnc5)no4)c(N[C@H](CO)c4ccccc4)n3)ccc21. The zero-order valence-electron chi connectivity index (χ0n) is 22.6. The summed E-state index contributed by atoms with van der Waals surface area (Å²) in [7, 11) is 1.60. The first-order valence-electron chi connectivity index (χ1n) is 13.0. The lowest BCUT2D eigenvalue weighted by atomic mass is 10.0. The van der Waals surface area contributed by atoms with Gasteiger partial charge in [-0.05, 0) is 43.7 Å². The molecular weight excluding hydrogens is 524 g/mol. The minimum absolute atomic E-state index is 0.177. The number of nitrogens with one attached hydrogen (secondary N) is 2. The maximum atomic E-state index is 10.2. The van der Waals surface area contributed by atoms with Gasteiger partial charge in [-0.1, -0.05) is 35.5 Å². The Morgan fingerprint density at radius 3 is 2.63 bits per heavy atom. The summed E-state index contributed by atoms with van der Waals surface area (Å²) in [6, 6.07) is 16.5. The summed E-state index contributed by atoms with van der Waals surface area (Å²) >= 11 is 0. The molecule has 12 nitrogen and oxygen atoms in total. The fraction of sp³-hybridized carbons (Fsp3) is 0.241. The van der Waals surface area contributed by atoms with Gasteiger partial charge in [-0.15, -0.1) is 0 Å².